The second kappa shape index (κ2) is 6.35. The van der Waals surface area contributed by atoms with E-state index in [2.05, 4.69) is 4.98 Å². The molecule has 2 rings (SSSR count). The molecule has 2 heterocycles. The molecule has 8 heteroatoms. The van der Waals surface area contributed by atoms with Crippen LogP contribution < -0.4 is 4.90 Å². The minimum absolute atomic E-state index is 0.0489. The summed E-state index contributed by atoms with van der Waals surface area (Å²) in [6.07, 6.45) is -2.48. The summed E-state index contributed by atoms with van der Waals surface area (Å²) in [6.45, 7) is 0.311. The smallest absolute Gasteiger partial charge is 0.388 e. The number of piperidine rings is 1. The van der Waals surface area contributed by atoms with Gasteiger partial charge in [-0.15, -0.1) is 0 Å². The first-order valence-electron chi connectivity index (χ1n) is 7.32. The molecule has 1 fully saturated rings. The molecule has 0 spiro atoms. The van der Waals surface area contributed by atoms with Gasteiger partial charge < -0.3 is 14.9 Å². The van der Waals surface area contributed by atoms with Gasteiger partial charge in [0, 0.05) is 33.4 Å². The van der Waals surface area contributed by atoms with Gasteiger partial charge in [0.1, 0.15) is 5.82 Å². The molecular weight excluding hydrogens is 311 g/mol. The van der Waals surface area contributed by atoms with Crippen LogP contribution in [-0.4, -0.2) is 53.7 Å². The molecule has 1 aliphatic rings. The number of alkyl halides is 3. The summed E-state index contributed by atoms with van der Waals surface area (Å²) in [4.78, 5) is 18.5. The maximum Gasteiger partial charge on any atom is 0.419 e. The first kappa shape index (κ1) is 17.5. The van der Waals surface area contributed by atoms with E-state index in [0.717, 1.165) is 6.07 Å². The molecule has 0 aliphatic carbocycles. The van der Waals surface area contributed by atoms with Crippen molar-refractivity contribution in [1.29, 1.82) is 0 Å². The average molecular weight is 331 g/mol. The molecule has 1 amide bonds. The quantitative estimate of drug-likeness (QED) is 0.919. The summed E-state index contributed by atoms with van der Waals surface area (Å²) in [6, 6.07) is 2.21. The third kappa shape index (κ3) is 4.13. The molecule has 0 radical (unpaired) electrons. The number of carbonyl (C=O) groups excluding carboxylic acids is 1. The molecule has 128 valence electrons. The Bertz CT molecular complexity index is 577. The first-order valence-corrected chi connectivity index (χ1v) is 7.32. The zero-order valence-electron chi connectivity index (χ0n) is 13.1. The number of β-amino-alcohol motifs (C(OH)–C–C–N with tert-alkyl or cyclic N) is 1. The predicted octanol–water partition coefficient (Wildman–Crippen LogP) is 1.91. The number of anilines is 1. The van der Waals surface area contributed by atoms with Crippen LogP contribution >= 0.6 is 0 Å². The lowest BCUT2D eigenvalue weighted by Crippen LogP contribution is -2.51. The number of hydrogen-bond donors (Lipinski definition) is 1. The summed E-state index contributed by atoms with van der Waals surface area (Å²) in [5.74, 6) is -0.457. The van der Waals surface area contributed by atoms with Gasteiger partial charge in [-0.1, -0.05) is 0 Å². The fourth-order valence-corrected chi connectivity index (χ4v) is 2.75. The number of carbonyl (C=O) groups is 1. The normalized spacial score (nSPS) is 22.1. The minimum Gasteiger partial charge on any atom is -0.388 e. The van der Waals surface area contributed by atoms with E-state index in [1.165, 1.54) is 22.1 Å². The summed E-state index contributed by atoms with van der Waals surface area (Å²) in [5.41, 5.74) is -2.18. The number of aromatic nitrogens is 1. The zero-order chi connectivity index (χ0) is 17.3. The topological polar surface area (TPSA) is 56.7 Å². The number of halogens is 3. The van der Waals surface area contributed by atoms with Crippen LogP contribution in [0.2, 0.25) is 0 Å². The van der Waals surface area contributed by atoms with E-state index in [1.54, 1.807) is 14.1 Å². The Morgan fingerprint density at radius 2 is 2.17 bits per heavy atom. The molecule has 1 unspecified atom stereocenters. The van der Waals surface area contributed by atoms with E-state index in [0.29, 0.717) is 19.4 Å². The van der Waals surface area contributed by atoms with Gasteiger partial charge in [-0.05, 0) is 25.0 Å². The third-order valence-electron chi connectivity index (χ3n) is 3.93. The number of amides is 1. The summed E-state index contributed by atoms with van der Waals surface area (Å²) in [7, 11) is 3.15. The van der Waals surface area contributed by atoms with Crippen molar-refractivity contribution in [2.24, 2.45) is 0 Å². The fourth-order valence-electron chi connectivity index (χ4n) is 2.75. The van der Waals surface area contributed by atoms with Crippen molar-refractivity contribution in [1.82, 2.24) is 9.88 Å². The van der Waals surface area contributed by atoms with Gasteiger partial charge in [-0.2, -0.15) is 13.2 Å². The van der Waals surface area contributed by atoms with Crippen molar-refractivity contribution >= 4 is 11.7 Å². The van der Waals surface area contributed by atoms with Gasteiger partial charge in [0.2, 0.25) is 5.91 Å². The van der Waals surface area contributed by atoms with Crippen LogP contribution in [0.1, 0.15) is 24.8 Å². The number of pyridine rings is 1. The van der Waals surface area contributed by atoms with Gasteiger partial charge >= 0.3 is 6.18 Å². The van der Waals surface area contributed by atoms with Crippen molar-refractivity contribution in [3.8, 4) is 0 Å². The van der Waals surface area contributed by atoms with E-state index >= 15 is 0 Å². The van der Waals surface area contributed by atoms with Crippen LogP contribution in [0.15, 0.2) is 18.3 Å². The lowest BCUT2D eigenvalue weighted by Gasteiger charge is -2.40. The Balaban J connectivity index is 2.24. The molecule has 0 saturated carbocycles. The van der Waals surface area contributed by atoms with Crippen LogP contribution in [-0.2, 0) is 11.0 Å². The third-order valence-corrected chi connectivity index (χ3v) is 3.93. The molecule has 1 aromatic heterocycles. The van der Waals surface area contributed by atoms with Gasteiger partial charge in [0.25, 0.3) is 0 Å². The lowest BCUT2D eigenvalue weighted by molar-refractivity contribution is -0.138. The fraction of sp³-hybridized carbons (Fsp3) is 0.600. The predicted molar refractivity (Wildman–Crippen MR) is 78.9 cm³/mol. The highest BCUT2D eigenvalue weighted by atomic mass is 19.4. The monoisotopic (exact) mass is 331 g/mol. The van der Waals surface area contributed by atoms with Crippen LogP contribution in [0.25, 0.3) is 0 Å². The van der Waals surface area contributed by atoms with Crippen molar-refractivity contribution in [2.75, 3.05) is 32.1 Å². The van der Waals surface area contributed by atoms with Crippen molar-refractivity contribution < 1.29 is 23.1 Å². The number of rotatable bonds is 3. The summed E-state index contributed by atoms with van der Waals surface area (Å²) < 4.78 is 39.4. The maximum atomic E-state index is 13.1. The standard InChI is InChI=1S/C15H20F3N3O2/c1-20(2)12(22)9-14(23)6-4-8-21(10-14)13-11(15(16,17)18)5-3-7-19-13/h3,5,7,23H,4,6,8-10H2,1-2H3. The summed E-state index contributed by atoms with van der Waals surface area (Å²) in [5, 5.41) is 10.6. The van der Waals surface area contributed by atoms with Gasteiger partial charge in [-0.3, -0.25) is 4.79 Å². The van der Waals surface area contributed by atoms with E-state index in [-0.39, 0.29) is 24.7 Å². The molecule has 0 bridgehead atoms. The number of aliphatic hydroxyl groups is 1. The van der Waals surface area contributed by atoms with Crippen molar-refractivity contribution in [3.63, 3.8) is 0 Å². The van der Waals surface area contributed by atoms with Crippen molar-refractivity contribution in [3.05, 3.63) is 23.9 Å². The highest BCUT2D eigenvalue weighted by Gasteiger charge is 2.40. The highest BCUT2D eigenvalue weighted by Crippen LogP contribution is 2.37. The summed E-state index contributed by atoms with van der Waals surface area (Å²) >= 11 is 0. The molecule has 1 N–H and O–H groups in total. The largest absolute Gasteiger partial charge is 0.419 e. The SMILES string of the molecule is CN(C)C(=O)CC1(O)CCCN(c2ncccc2C(F)(F)F)C1. The Kier molecular flexibility index (Phi) is 4.84. The molecule has 5 nitrogen and oxygen atoms in total. The molecular formula is C15H20F3N3O2. The molecule has 0 aromatic carbocycles. The van der Waals surface area contributed by atoms with Crippen LogP contribution in [0.3, 0.4) is 0 Å². The van der Waals surface area contributed by atoms with Gasteiger partial charge in [0.15, 0.2) is 0 Å². The van der Waals surface area contributed by atoms with E-state index < -0.39 is 17.3 Å². The Morgan fingerprint density at radius 1 is 1.48 bits per heavy atom. The Hall–Kier alpha value is -1.83. The minimum atomic E-state index is -4.52. The second-order valence-corrected chi connectivity index (χ2v) is 6.09. The molecule has 1 saturated heterocycles. The van der Waals surface area contributed by atoms with Crippen molar-refractivity contribution in [2.45, 2.75) is 31.0 Å². The van der Waals surface area contributed by atoms with Gasteiger partial charge in [0.05, 0.1) is 17.6 Å². The molecule has 1 aromatic rings. The highest BCUT2D eigenvalue weighted by molar-refractivity contribution is 5.76. The van der Waals surface area contributed by atoms with E-state index in [4.69, 9.17) is 0 Å². The molecule has 1 atom stereocenters. The van der Waals surface area contributed by atoms with Gasteiger partial charge in [-0.25, -0.2) is 4.98 Å². The lowest BCUT2D eigenvalue weighted by atomic mass is 9.89. The van der Waals surface area contributed by atoms with Crippen LogP contribution in [0, 0.1) is 0 Å². The second-order valence-electron chi connectivity index (χ2n) is 6.09. The van der Waals surface area contributed by atoms with E-state index in [1.807, 2.05) is 0 Å². The van der Waals surface area contributed by atoms with Crippen LogP contribution in [0.4, 0.5) is 19.0 Å². The zero-order valence-corrected chi connectivity index (χ0v) is 13.1. The number of hydrogen-bond acceptors (Lipinski definition) is 4. The number of nitrogens with zero attached hydrogens (tertiary/aromatic N) is 3. The molecule has 23 heavy (non-hydrogen) atoms. The Labute approximate surface area is 132 Å². The van der Waals surface area contributed by atoms with Crippen LogP contribution in [0.5, 0.6) is 0 Å². The Morgan fingerprint density at radius 3 is 2.78 bits per heavy atom. The first-order chi connectivity index (χ1) is 10.6. The molecule has 1 aliphatic heterocycles. The van der Waals surface area contributed by atoms with E-state index in [9.17, 15) is 23.1 Å². The maximum absolute atomic E-state index is 13.1. The average Bonchev–Trinajstić information content (AvgIpc) is 2.46.